The number of hydrogen-bond acceptors (Lipinski definition) is 5. The van der Waals surface area contributed by atoms with Gasteiger partial charge in [0.15, 0.2) is 5.92 Å². The van der Waals surface area contributed by atoms with Gasteiger partial charge in [-0.25, -0.2) is 15.1 Å². The number of nitrogens with zero attached hydrogens (tertiary/aromatic N) is 2. The first kappa shape index (κ1) is 18.5. The number of amides is 5. The Labute approximate surface area is 162 Å². The maximum atomic E-state index is 12.6. The highest BCUT2D eigenvalue weighted by molar-refractivity contribution is 9.10. The molecule has 1 aliphatic rings. The van der Waals surface area contributed by atoms with Crippen molar-refractivity contribution >= 4 is 51.6 Å². The Hall–Kier alpha value is -3.33. The van der Waals surface area contributed by atoms with E-state index in [2.05, 4.69) is 31.8 Å². The summed E-state index contributed by atoms with van der Waals surface area (Å²) in [6.45, 7) is 0. The average molecular weight is 429 g/mol. The fourth-order valence-electron chi connectivity index (χ4n) is 2.38. The van der Waals surface area contributed by atoms with Gasteiger partial charge in [-0.15, -0.1) is 0 Å². The van der Waals surface area contributed by atoms with Crippen LogP contribution in [0.2, 0.25) is 0 Å². The number of halogens is 1. The Morgan fingerprint density at radius 2 is 1.74 bits per heavy atom. The molecule has 2 N–H and O–H groups in total. The Morgan fingerprint density at radius 1 is 1.07 bits per heavy atom. The first-order valence-corrected chi connectivity index (χ1v) is 8.59. The molecule has 3 rings (SSSR count). The van der Waals surface area contributed by atoms with E-state index in [9.17, 15) is 19.2 Å². The van der Waals surface area contributed by atoms with Crippen molar-refractivity contribution in [2.45, 2.75) is 0 Å². The maximum Gasteiger partial charge on any atom is 0.335 e. The molecule has 1 fully saturated rings. The summed E-state index contributed by atoms with van der Waals surface area (Å²) in [7, 11) is 0. The number of imide groups is 2. The fraction of sp³-hybridized carbons (Fsp3) is 0.0556. The maximum absolute atomic E-state index is 12.6. The van der Waals surface area contributed by atoms with Gasteiger partial charge in [0.25, 0.3) is 11.8 Å². The molecule has 1 atom stereocenters. The third-order valence-corrected chi connectivity index (χ3v) is 4.24. The van der Waals surface area contributed by atoms with Gasteiger partial charge in [0, 0.05) is 16.3 Å². The van der Waals surface area contributed by atoms with Crippen LogP contribution in [0.5, 0.6) is 0 Å². The Balaban J connectivity index is 1.75. The van der Waals surface area contributed by atoms with Crippen molar-refractivity contribution in [2.24, 2.45) is 11.0 Å². The van der Waals surface area contributed by atoms with Crippen LogP contribution in [0.3, 0.4) is 0 Å². The number of rotatable bonds is 4. The summed E-state index contributed by atoms with van der Waals surface area (Å²) in [5.74, 6) is -3.40. The molecule has 0 bridgehead atoms. The zero-order chi connectivity index (χ0) is 19.4. The predicted molar refractivity (Wildman–Crippen MR) is 101 cm³/mol. The van der Waals surface area contributed by atoms with E-state index in [1.165, 1.54) is 0 Å². The molecule has 5 amide bonds. The first-order valence-electron chi connectivity index (χ1n) is 7.80. The second kappa shape index (κ2) is 7.92. The van der Waals surface area contributed by atoms with Gasteiger partial charge in [-0.3, -0.25) is 19.7 Å². The smallest absolute Gasteiger partial charge is 0.276 e. The quantitative estimate of drug-likeness (QED) is 0.441. The summed E-state index contributed by atoms with van der Waals surface area (Å²) in [6.07, 6.45) is 0.997. The minimum Gasteiger partial charge on any atom is -0.276 e. The van der Waals surface area contributed by atoms with E-state index in [1.807, 2.05) is 0 Å². The molecule has 0 aliphatic carbocycles. The lowest BCUT2D eigenvalue weighted by atomic mass is 10.1. The number of carbonyl (C=O) groups excluding carboxylic acids is 4. The Bertz CT molecular complexity index is 928. The van der Waals surface area contributed by atoms with Crippen LogP contribution in [0.4, 0.5) is 10.5 Å². The van der Waals surface area contributed by atoms with E-state index in [0.29, 0.717) is 11.3 Å². The van der Waals surface area contributed by atoms with E-state index in [1.54, 1.807) is 54.6 Å². The van der Waals surface area contributed by atoms with Crippen LogP contribution in [-0.4, -0.2) is 30.0 Å². The summed E-state index contributed by atoms with van der Waals surface area (Å²) in [5.41, 5.74) is 2.93. The Kier molecular flexibility index (Phi) is 5.41. The van der Waals surface area contributed by atoms with Crippen LogP contribution >= 0.6 is 15.9 Å². The molecule has 136 valence electrons. The SMILES string of the molecule is O=C(N/N=C\[C@H]1C(=O)NC(=O)N(c2ccc(Br)cc2)C1=O)c1ccccc1. The number of anilines is 1. The summed E-state index contributed by atoms with van der Waals surface area (Å²) < 4.78 is 0.772. The summed E-state index contributed by atoms with van der Waals surface area (Å²) in [5, 5.41) is 5.79. The average Bonchev–Trinajstić information content (AvgIpc) is 2.66. The third-order valence-electron chi connectivity index (χ3n) is 3.71. The minimum atomic E-state index is -1.34. The van der Waals surface area contributed by atoms with Gasteiger partial charge in [0.05, 0.1) is 5.69 Å². The zero-order valence-electron chi connectivity index (χ0n) is 13.8. The molecular formula is C18H13BrN4O4. The van der Waals surface area contributed by atoms with E-state index in [-0.39, 0.29) is 0 Å². The minimum absolute atomic E-state index is 0.305. The zero-order valence-corrected chi connectivity index (χ0v) is 15.3. The largest absolute Gasteiger partial charge is 0.335 e. The van der Waals surface area contributed by atoms with Crippen molar-refractivity contribution in [1.29, 1.82) is 0 Å². The number of barbiturate groups is 1. The number of urea groups is 1. The summed E-state index contributed by atoms with van der Waals surface area (Å²) in [4.78, 5) is 49.5. The predicted octanol–water partition coefficient (Wildman–Crippen LogP) is 2.06. The molecule has 9 heteroatoms. The molecule has 1 saturated heterocycles. The number of hydrazone groups is 1. The standard InChI is InChI=1S/C18H13BrN4O4/c19-12-6-8-13(9-7-12)23-17(26)14(16(25)21-18(23)27)10-20-22-15(24)11-4-2-1-3-5-11/h1-10,14H,(H,22,24)(H,21,25,27)/b20-10-/t14-/m0/s1. The van der Waals surface area contributed by atoms with Crippen LogP contribution in [-0.2, 0) is 9.59 Å². The van der Waals surface area contributed by atoms with Gasteiger partial charge in [-0.05, 0) is 36.4 Å². The van der Waals surface area contributed by atoms with E-state index in [0.717, 1.165) is 15.6 Å². The topological polar surface area (TPSA) is 108 Å². The number of benzene rings is 2. The van der Waals surface area contributed by atoms with Gasteiger partial charge in [0.1, 0.15) is 0 Å². The van der Waals surface area contributed by atoms with Crippen molar-refractivity contribution in [3.8, 4) is 0 Å². The molecule has 1 aliphatic heterocycles. The molecule has 0 aromatic heterocycles. The lowest BCUT2D eigenvalue weighted by molar-refractivity contribution is -0.131. The van der Waals surface area contributed by atoms with Gasteiger partial charge < -0.3 is 0 Å². The van der Waals surface area contributed by atoms with Crippen molar-refractivity contribution in [3.05, 3.63) is 64.6 Å². The van der Waals surface area contributed by atoms with Gasteiger partial charge in [0.2, 0.25) is 5.91 Å². The molecule has 1 heterocycles. The summed E-state index contributed by atoms with van der Waals surface area (Å²) >= 11 is 3.27. The van der Waals surface area contributed by atoms with Gasteiger partial charge >= 0.3 is 6.03 Å². The van der Waals surface area contributed by atoms with Crippen molar-refractivity contribution in [3.63, 3.8) is 0 Å². The fourth-order valence-corrected chi connectivity index (χ4v) is 2.65. The number of hydrogen-bond donors (Lipinski definition) is 2. The van der Waals surface area contributed by atoms with Crippen LogP contribution in [0.25, 0.3) is 0 Å². The number of carbonyl (C=O) groups is 4. The molecular weight excluding hydrogens is 416 g/mol. The van der Waals surface area contributed by atoms with Crippen molar-refractivity contribution in [2.75, 3.05) is 4.90 Å². The molecule has 0 unspecified atom stereocenters. The van der Waals surface area contributed by atoms with Crippen LogP contribution < -0.4 is 15.6 Å². The lowest BCUT2D eigenvalue weighted by Gasteiger charge is -2.28. The lowest BCUT2D eigenvalue weighted by Crippen LogP contribution is -2.58. The second-order valence-corrected chi connectivity index (χ2v) is 6.42. The highest BCUT2D eigenvalue weighted by atomic mass is 79.9. The normalized spacial score (nSPS) is 17.1. The van der Waals surface area contributed by atoms with E-state index in [4.69, 9.17) is 0 Å². The molecule has 8 nitrogen and oxygen atoms in total. The monoisotopic (exact) mass is 428 g/mol. The highest BCUT2D eigenvalue weighted by Crippen LogP contribution is 2.22. The summed E-state index contributed by atoms with van der Waals surface area (Å²) in [6, 6.07) is 13.9. The molecule has 0 radical (unpaired) electrons. The van der Waals surface area contributed by atoms with Gasteiger partial charge in [-0.2, -0.15) is 5.10 Å². The third kappa shape index (κ3) is 4.09. The van der Waals surface area contributed by atoms with Crippen LogP contribution in [0.1, 0.15) is 10.4 Å². The second-order valence-electron chi connectivity index (χ2n) is 5.51. The number of nitrogens with one attached hydrogen (secondary N) is 2. The molecule has 2 aromatic carbocycles. The van der Waals surface area contributed by atoms with E-state index < -0.39 is 29.7 Å². The Morgan fingerprint density at radius 3 is 2.41 bits per heavy atom. The molecule has 0 spiro atoms. The van der Waals surface area contributed by atoms with Crippen LogP contribution in [0.15, 0.2) is 64.2 Å². The van der Waals surface area contributed by atoms with Crippen molar-refractivity contribution < 1.29 is 19.2 Å². The highest BCUT2D eigenvalue weighted by Gasteiger charge is 2.40. The van der Waals surface area contributed by atoms with Crippen LogP contribution in [0, 0.1) is 5.92 Å². The molecule has 0 saturated carbocycles. The molecule has 27 heavy (non-hydrogen) atoms. The van der Waals surface area contributed by atoms with Crippen molar-refractivity contribution in [1.82, 2.24) is 10.7 Å². The van der Waals surface area contributed by atoms with E-state index >= 15 is 0 Å². The molecule has 2 aromatic rings. The first-order chi connectivity index (χ1) is 13.0. The van der Waals surface area contributed by atoms with Gasteiger partial charge in [-0.1, -0.05) is 34.1 Å².